The summed E-state index contributed by atoms with van der Waals surface area (Å²) in [5.41, 5.74) is -0.925. The van der Waals surface area contributed by atoms with Crippen molar-refractivity contribution in [3.63, 3.8) is 0 Å². The molecule has 8 nitrogen and oxygen atoms in total. The van der Waals surface area contributed by atoms with Gasteiger partial charge >= 0.3 is 21.2 Å². The van der Waals surface area contributed by atoms with Gasteiger partial charge in [0.1, 0.15) is 0 Å². The quantitative estimate of drug-likeness (QED) is 0.301. The first-order chi connectivity index (χ1) is 10.5. The van der Waals surface area contributed by atoms with Crippen LogP contribution >= 0.6 is 0 Å². The van der Waals surface area contributed by atoms with Crippen LogP contribution in [0.3, 0.4) is 0 Å². The molecule has 0 radical (unpaired) electrons. The summed E-state index contributed by atoms with van der Waals surface area (Å²) < 4.78 is 34.4. The summed E-state index contributed by atoms with van der Waals surface area (Å²) in [6, 6.07) is 0. The highest BCUT2D eigenvalue weighted by Gasteiger charge is 2.42. The van der Waals surface area contributed by atoms with E-state index in [-0.39, 0.29) is 12.8 Å². The van der Waals surface area contributed by atoms with E-state index in [1.807, 2.05) is 0 Å². The number of hydrogen-bond acceptors (Lipinski definition) is 7. The fourth-order valence-corrected chi connectivity index (χ4v) is 4.00. The predicted molar refractivity (Wildman–Crippen MR) is 78.5 cm³/mol. The Morgan fingerprint density at radius 2 is 1.78 bits per heavy atom. The van der Waals surface area contributed by atoms with Crippen molar-refractivity contribution in [1.29, 1.82) is 0 Å². The molecule has 0 amide bonds. The summed E-state index contributed by atoms with van der Waals surface area (Å²) in [6.07, 6.45) is 5.81. The van der Waals surface area contributed by atoms with Crippen molar-refractivity contribution >= 4 is 16.1 Å². The fraction of sp³-hybridized carbons (Fsp3) is 0.929. The van der Waals surface area contributed by atoms with Gasteiger partial charge in [0.2, 0.25) is 0 Å². The van der Waals surface area contributed by atoms with Gasteiger partial charge < -0.3 is 20.1 Å². The molecule has 4 N–H and O–H groups in total. The first-order valence-corrected chi connectivity index (χ1v) is 9.25. The normalized spacial score (nSPS) is 31.7. The fourth-order valence-electron chi connectivity index (χ4n) is 3.79. The molecule has 134 valence electrons. The van der Waals surface area contributed by atoms with Crippen molar-refractivity contribution in [2.75, 3.05) is 6.61 Å². The first-order valence-electron chi connectivity index (χ1n) is 7.81. The molecule has 2 saturated carbocycles. The Bertz CT molecular complexity index is 529. The lowest BCUT2D eigenvalue weighted by Crippen LogP contribution is -2.44. The van der Waals surface area contributed by atoms with Gasteiger partial charge in [0.15, 0.2) is 6.61 Å². The van der Waals surface area contributed by atoms with Crippen molar-refractivity contribution in [1.82, 2.24) is 0 Å². The molecule has 2 aliphatic rings. The SMILES string of the molecule is O=C(CCC1(O)CC2CCCC(C2)C1)OCC(O)(O)S(=O)(=O)O. The Hall–Kier alpha value is -0.740. The van der Waals surface area contributed by atoms with Crippen molar-refractivity contribution in [2.24, 2.45) is 11.8 Å². The molecule has 2 fully saturated rings. The van der Waals surface area contributed by atoms with E-state index in [0.717, 1.165) is 19.3 Å². The van der Waals surface area contributed by atoms with Crippen LogP contribution in [0.2, 0.25) is 0 Å². The smallest absolute Gasteiger partial charge is 0.330 e. The molecule has 2 bridgehead atoms. The van der Waals surface area contributed by atoms with Gasteiger partial charge in [-0.25, -0.2) is 0 Å². The van der Waals surface area contributed by atoms with E-state index >= 15 is 0 Å². The van der Waals surface area contributed by atoms with Crippen LogP contribution in [-0.2, 0) is 19.6 Å². The highest BCUT2D eigenvalue weighted by atomic mass is 32.2. The largest absolute Gasteiger partial charge is 0.459 e. The maximum absolute atomic E-state index is 11.6. The van der Waals surface area contributed by atoms with Crippen molar-refractivity contribution in [2.45, 2.75) is 62.1 Å². The number of esters is 1. The van der Waals surface area contributed by atoms with Gasteiger partial charge in [-0.05, 0) is 37.5 Å². The standard InChI is InChI=1S/C14H24O8S/c15-12(22-9-14(17,18)23(19,20)21)4-5-13(16)7-10-2-1-3-11(6-10)8-13/h10-11,16-18H,1-9H2,(H,19,20,21). The van der Waals surface area contributed by atoms with E-state index < -0.39 is 33.4 Å². The molecule has 0 spiro atoms. The molecule has 0 heterocycles. The molecule has 0 saturated heterocycles. The first kappa shape index (κ1) is 18.6. The lowest BCUT2D eigenvalue weighted by molar-refractivity contribution is -0.168. The van der Waals surface area contributed by atoms with Crippen LogP contribution in [0.15, 0.2) is 0 Å². The van der Waals surface area contributed by atoms with E-state index in [1.54, 1.807) is 0 Å². The molecular weight excluding hydrogens is 328 g/mol. The Balaban J connectivity index is 1.80. The van der Waals surface area contributed by atoms with Crippen molar-refractivity contribution < 1.29 is 37.8 Å². The number of ether oxygens (including phenoxy) is 1. The topological polar surface area (TPSA) is 141 Å². The van der Waals surface area contributed by atoms with Gasteiger partial charge in [-0.2, -0.15) is 8.42 Å². The molecule has 2 rings (SSSR count). The number of rotatable bonds is 6. The lowest BCUT2D eigenvalue weighted by atomic mass is 9.65. The molecule has 0 aromatic heterocycles. The van der Waals surface area contributed by atoms with E-state index in [2.05, 4.69) is 4.74 Å². The molecule has 23 heavy (non-hydrogen) atoms. The van der Waals surface area contributed by atoms with Crippen LogP contribution in [0.4, 0.5) is 0 Å². The number of fused-ring (bicyclic) bond motifs is 2. The van der Waals surface area contributed by atoms with Gasteiger partial charge in [0.05, 0.1) is 5.60 Å². The second-order valence-electron chi connectivity index (χ2n) is 6.91. The van der Waals surface area contributed by atoms with E-state index in [4.69, 9.17) is 14.8 Å². The predicted octanol–water partition coefficient (Wildman–Crippen LogP) is 0.167. The summed E-state index contributed by atoms with van der Waals surface area (Å²) in [6.45, 7) is -1.28. The summed E-state index contributed by atoms with van der Waals surface area (Å²) in [7, 11) is -5.17. The molecule has 0 aromatic rings. The number of hydrogen-bond donors (Lipinski definition) is 4. The summed E-state index contributed by atoms with van der Waals surface area (Å²) in [5, 5.41) is 25.2. The molecule has 2 aliphatic carbocycles. The zero-order valence-electron chi connectivity index (χ0n) is 12.8. The number of carbonyl (C=O) groups is 1. The van der Waals surface area contributed by atoms with Crippen LogP contribution < -0.4 is 0 Å². The van der Waals surface area contributed by atoms with Gasteiger partial charge in [0, 0.05) is 6.42 Å². The summed E-state index contributed by atoms with van der Waals surface area (Å²) >= 11 is 0. The van der Waals surface area contributed by atoms with E-state index in [1.165, 1.54) is 6.42 Å². The minimum Gasteiger partial charge on any atom is -0.459 e. The third-order valence-corrected chi connectivity index (χ3v) is 5.80. The average Bonchev–Trinajstić information content (AvgIpc) is 2.41. The maximum Gasteiger partial charge on any atom is 0.330 e. The Morgan fingerprint density at radius 3 is 2.30 bits per heavy atom. The third kappa shape index (κ3) is 4.87. The molecule has 0 aromatic carbocycles. The second-order valence-corrected chi connectivity index (χ2v) is 8.51. The molecule has 0 aliphatic heterocycles. The zero-order chi connectivity index (χ0) is 17.3. The molecule has 9 heteroatoms. The highest BCUT2D eigenvalue weighted by Crippen LogP contribution is 2.46. The van der Waals surface area contributed by atoms with Crippen LogP contribution in [0.1, 0.15) is 51.4 Å². The van der Waals surface area contributed by atoms with Crippen LogP contribution in [0.25, 0.3) is 0 Å². The summed E-state index contributed by atoms with van der Waals surface area (Å²) in [5.74, 6) is 0.0986. The van der Waals surface area contributed by atoms with Crippen molar-refractivity contribution in [3.05, 3.63) is 0 Å². The monoisotopic (exact) mass is 352 g/mol. The van der Waals surface area contributed by atoms with Crippen molar-refractivity contribution in [3.8, 4) is 0 Å². The third-order valence-electron chi connectivity index (χ3n) is 4.86. The van der Waals surface area contributed by atoms with Gasteiger partial charge in [-0.15, -0.1) is 0 Å². The maximum atomic E-state index is 11.6. The minimum atomic E-state index is -5.17. The average molecular weight is 352 g/mol. The second kappa shape index (κ2) is 6.64. The lowest BCUT2D eigenvalue weighted by Gasteiger charge is -2.44. The minimum absolute atomic E-state index is 0.155. The van der Waals surface area contributed by atoms with Gasteiger partial charge in [-0.1, -0.05) is 19.3 Å². The molecule has 2 unspecified atom stereocenters. The Kier molecular flexibility index (Phi) is 5.37. The Morgan fingerprint density at radius 1 is 1.22 bits per heavy atom. The molecular formula is C14H24O8S. The van der Waals surface area contributed by atoms with Crippen LogP contribution in [-0.4, -0.2) is 51.6 Å². The van der Waals surface area contributed by atoms with E-state index in [9.17, 15) is 18.3 Å². The van der Waals surface area contributed by atoms with Gasteiger partial charge in [-0.3, -0.25) is 9.35 Å². The van der Waals surface area contributed by atoms with Gasteiger partial charge in [0.25, 0.3) is 0 Å². The zero-order valence-corrected chi connectivity index (χ0v) is 13.7. The van der Waals surface area contributed by atoms with E-state index in [0.29, 0.717) is 24.7 Å². The Labute approximate surface area is 135 Å². The van der Waals surface area contributed by atoms with Crippen LogP contribution in [0.5, 0.6) is 0 Å². The molecule has 2 atom stereocenters. The van der Waals surface area contributed by atoms with Crippen LogP contribution in [0, 0.1) is 11.8 Å². The highest BCUT2D eigenvalue weighted by molar-refractivity contribution is 7.86. The number of aliphatic hydroxyl groups is 3. The number of carbonyl (C=O) groups excluding carboxylic acids is 1. The summed E-state index contributed by atoms with van der Waals surface area (Å²) in [4.78, 5) is 11.6.